The number of benzene rings is 1. The van der Waals surface area contributed by atoms with Crippen LogP contribution in [0.15, 0.2) is 30.3 Å². The van der Waals surface area contributed by atoms with Crippen molar-refractivity contribution in [2.75, 3.05) is 0 Å². The molecule has 1 aliphatic rings. The maximum atomic E-state index is 12.0. The number of nitrogens with one attached hydrogen (secondary N) is 2. The summed E-state index contributed by atoms with van der Waals surface area (Å²) in [5.74, 6) is -0.429. The van der Waals surface area contributed by atoms with Crippen molar-refractivity contribution in [2.24, 2.45) is 0 Å². The molecule has 1 aromatic rings. The minimum Gasteiger partial charge on any atom is -0.445 e. The van der Waals surface area contributed by atoms with Crippen LogP contribution < -0.4 is 10.6 Å². The maximum absolute atomic E-state index is 12.0. The number of hydrogen-bond donors (Lipinski definition) is 3. The van der Waals surface area contributed by atoms with E-state index in [-0.39, 0.29) is 12.6 Å². The van der Waals surface area contributed by atoms with E-state index in [1.165, 1.54) is 0 Å². The largest absolute Gasteiger partial charge is 0.445 e. The highest BCUT2D eigenvalue weighted by molar-refractivity contribution is 5.82. The van der Waals surface area contributed by atoms with Crippen LogP contribution in [0.5, 0.6) is 0 Å². The highest BCUT2D eigenvalue weighted by Gasteiger charge is 2.31. The fourth-order valence-corrected chi connectivity index (χ4v) is 2.35. The SMILES string of the molecule is CCCCC(NC(=O)OCc1ccccc1)C(O)C(=O)NC1CC1. The van der Waals surface area contributed by atoms with Crippen molar-refractivity contribution < 1.29 is 19.4 Å². The van der Waals surface area contributed by atoms with E-state index in [9.17, 15) is 14.7 Å². The monoisotopic (exact) mass is 334 g/mol. The summed E-state index contributed by atoms with van der Waals surface area (Å²) in [6.45, 7) is 2.17. The first kappa shape index (κ1) is 18.3. The Labute approximate surface area is 142 Å². The van der Waals surface area contributed by atoms with Gasteiger partial charge in [-0.1, -0.05) is 50.1 Å². The number of aliphatic hydroxyl groups is 1. The van der Waals surface area contributed by atoms with Crippen LogP contribution in [0.25, 0.3) is 0 Å². The van der Waals surface area contributed by atoms with Crippen LogP contribution in [-0.2, 0) is 16.1 Å². The number of alkyl carbamates (subject to hydrolysis) is 1. The van der Waals surface area contributed by atoms with Gasteiger partial charge in [0.05, 0.1) is 6.04 Å². The molecule has 132 valence electrons. The smallest absolute Gasteiger partial charge is 0.407 e. The van der Waals surface area contributed by atoms with Crippen LogP contribution in [0.1, 0.15) is 44.6 Å². The second-order valence-corrected chi connectivity index (χ2v) is 6.18. The van der Waals surface area contributed by atoms with Crippen molar-refractivity contribution in [2.45, 2.75) is 63.8 Å². The van der Waals surface area contributed by atoms with E-state index in [4.69, 9.17) is 4.74 Å². The molecule has 6 heteroatoms. The minimum absolute atomic E-state index is 0.150. The Morgan fingerprint density at radius 1 is 1.29 bits per heavy atom. The van der Waals surface area contributed by atoms with Gasteiger partial charge in [-0.25, -0.2) is 4.79 Å². The number of unbranched alkanes of at least 4 members (excludes halogenated alkanes) is 1. The Morgan fingerprint density at radius 2 is 2.00 bits per heavy atom. The summed E-state index contributed by atoms with van der Waals surface area (Å²) in [6, 6.07) is 8.87. The van der Waals surface area contributed by atoms with Gasteiger partial charge in [0.15, 0.2) is 6.10 Å². The first-order valence-corrected chi connectivity index (χ1v) is 8.55. The summed E-state index contributed by atoms with van der Waals surface area (Å²) in [5.41, 5.74) is 0.879. The summed E-state index contributed by atoms with van der Waals surface area (Å²) in [6.07, 6.45) is 2.25. The van der Waals surface area contributed by atoms with E-state index in [0.717, 1.165) is 31.2 Å². The summed E-state index contributed by atoms with van der Waals surface area (Å²) in [5, 5.41) is 15.6. The fourth-order valence-electron chi connectivity index (χ4n) is 2.35. The molecule has 1 aromatic carbocycles. The second kappa shape index (κ2) is 9.27. The molecule has 2 atom stereocenters. The molecule has 0 aliphatic heterocycles. The van der Waals surface area contributed by atoms with Crippen molar-refractivity contribution in [3.05, 3.63) is 35.9 Å². The highest BCUT2D eigenvalue weighted by atomic mass is 16.5. The quantitative estimate of drug-likeness (QED) is 0.645. The molecule has 0 saturated heterocycles. The molecule has 6 nitrogen and oxygen atoms in total. The number of aliphatic hydroxyl groups excluding tert-OH is 1. The van der Waals surface area contributed by atoms with Gasteiger partial charge in [0.2, 0.25) is 0 Å². The number of carbonyl (C=O) groups excluding carboxylic acids is 2. The molecule has 3 N–H and O–H groups in total. The normalized spacial score (nSPS) is 16.1. The van der Waals surface area contributed by atoms with Crippen molar-refractivity contribution in [3.8, 4) is 0 Å². The highest BCUT2D eigenvalue weighted by Crippen LogP contribution is 2.19. The Balaban J connectivity index is 1.84. The van der Waals surface area contributed by atoms with Crippen molar-refractivity contribution >= 4 is 12.0 Å². The number of carbonyl (C=O) groups is 2. The van der Waals surface area contributed by atoms with Gasteiger partial charge in [0.1, 0.15) is 6.61 Å². The van der Waals surface area contributed by atoms with Crippen molar-refractivity contribution in [1.29, 1.82) is 0 Å². The molecular weight excluding hydrogens is 308 g/mol. The minimum atomic E-state index is -1.26. The van der Waals surface area contributed by atoms with Crippen LogP contribution in [0.2, 0.25) is 0 Å². The lowest BCUT2D eigenvalue weighted by molar-refractivity contribution is -0.130. The van der Waals surface area contributed by atoms with Gasteiger partial charge in [-0.3, -0.25) is 4.79 Å². The lowest BCUT2D eigenvalue weighted by atomic mass is 10.0. The Bertz CT molecular complexity index is 531. The average Bonchev–Trinajstić information content (AvgIpc) is 3.41. The van der Waals surface area contributed by atoms with E-state index < -0.39 is 24.1 Å². The molecule has 0 radical (unpaired) electrons. The topological polar surface area (TPSA) is 87.7 Å². The lowest BCUT2D eigenvalue weighted by Gasteiger charge is -2.23. The molecule has 2 unspecified atom stereocenters. The summed E-state index contributed by atoms with van der Waals surface area (Å²) in [7, 11) is 0. The van der Waals surface area contributed by atoms with Crippen LogP contribution in [-0.4, -0.2) is 35.3 Å². The van der Waals surface area contributed by atoms with E-state index in [2.05, 4.69) is 10.6 Å². The zero-order chi connectivity index (χ0) is 17.4. The van der Waals surface area contributed by atoms with Crippen molar-refractivity contribution in [3.63, 3.8) is 0 Å². The van der Waals surface area contributed by atoms with Crippen molar-refractivity contribution in [1.82, 2.24) is 10.6 Å². The zero-order valence-electron chi connectivity index (χ0n) is 14.0. The molecule has 2 amide bonds. The third-order valence-corrected chi connectivity index (χ3v) is 3.96. The number of ether oxygens (including phenoxy) is 1. The molecule has 0 spiro atoms. The molecule has 0 bridgehead atoms. The van der Waals surface area contributed by atoms with E-state index >= 15 is 0 Å². The zero-order valence-corrected chi connectivity index (χ0v) is 14.0. The van der Waals surface area contributed by atoms with Gasteiger partial charge in [0, 0.05) is 6.04 Å². The molecule has 1 saturated carbocycles. The summed E-state index contributed by atoms with van der Waals surface area (Å²) < 4.78 is 5.17. The van der Waals surface area contributed by atoms with Gasteiger partial charge < -0.3 is 20.5 Å². The lowest BCUT2D eigenvalue weighted by Crippen LogP contribution is -2.51. The fraction of sp³-hybridized carbons (Fsp3) is 0.556. The van der Waals surface area contributed by atoms with Crippen LogP contribution >= 0.6 is 0 Å². The standard InChI is InChI=1S/C18H26N2O4/c1-2-3-9-15(16(21)17(22)19-14-10-11-14)20-18(23)24-12-13-7-5-4-6-8-13/h4-8,14-16,21H,2-3,9-12H2,1H3,(H,19,22)(H,20,23). The Hall–Kier alpha value is -2.08. The first-order chi connectivity index (χ1) is 11.6. The first-order valence-electron chi connectivity index (χ1n) is 8.55. The third-order valence-electron chi connectivity index (χ3n) is 3.96. The van der Waals surface area contributed by atoms with Gasteiger partial charge in [-0.2, -0.15) is 0 Å². The molecule has 24 heavy (non-hydrogen) atoms. The second-order valence-electron chi connectivity index (χ2n) is 6.18. The van der Waals surface area contributed by atoms with Gasteiger partial charge in [0.25, 0.3) is 5.91 Å². The van der Waals surface area contributed by atoms with Gasteiger partial charge >= 0.3 is 6.09 Å². The number of rotatable bonds is 9. The molecular formula is C18H26N2O4. The Morgan fingerprint density at radius 3 is 2.62 bits per heavy atom. The van der Waals surface area contributed by atoms with Crippen LogP contribution in [0.4, 0.5) is 4.79 Å². The van der Waals surface area contributed by atoms with E-state index in [1.807, 2.05) is 37.3 Å². The van der Waals surface area contributed by atoms with E-state index in [0.29, 0.717) is 6.42 Å². The van der Waals surface area contributed by atoms with Gasteiger partial charge in [-0.15, -0.1) is 0 Å². The maximum Gasteiger partial charge on any atom is 0.407 e. The number of hydrogen-bond acceptors (Lipinski definition) is 4. The molecule has 2 rings (SSSR count). The van der Waals surface area contributed by atoms with E-state index in [1.54, 1.807) is 0 Å². The molecule has 0 aromatic heterocycles. The molecule has 1 fully saturated rings. The predicted molar refractivity (Wildman–Crippen MR) is 90.2 cm³/mol. The predicted octanol–water partition coefficient (Wildman–Crippen LogP) is 2.11. The van der Waals surface area contributed by atoms with Crippen LogP contribution in [0, 0.1) is 0 Å². The Kier molecular flexibility index (Phi) is 7.06. The molecule has 0 heterocycles. The average molecular weight is 334 g/mol. The van der Waals surface area contributed by atoms with Crippen LogP contribution in [0.3, 0.4) is 0 Å². The van der Waals surface area contributed by atoms with Gasteiger partial charge in [-0.05, 0) is 24.8 Å². The number of amides is 2. The third kappa shape index (κ3) is 6.20. The summed E-state index contributed by atoms with van der Waals surface area (Å²) in [4.78, 5) is 24.0. The summed E-state index contributed by atoms with van der Waals surface area (Å²) >= 11 is 0. The molecule has 1 aliphatic carbocycles.